The summed E-state index contributed by atoms with van der Waals surface area (Å²) in [6.07, 6.45) is 1.88. The van der Waals surface area contributed by atoms with Crippen molar-refractivity contribution in [2.24, 2.45) is 0 Å². The van der Waals surface area contributed by atoms with Crippen LogP contribution in [0.15, 0.2) is 30.8 Å². The fourth-order valence-corrected chi connectivity index (χ4v) is 7.38. The average Bonchev–Trinajstić information content (AvgIpc) is 2.29. The molecule has 0 bridgehead atoms. The Morgan fingerprint density at radius 3 is 1.50 bits per heavy atom. The minimum atomic E-state index is -1.97. The molecule has 100 valence electrons. The van der Waals surface area contributed by atoms with E-state index in [9.17, 15) is 0 Å². The van der Waals surface area contributed by atoms with Gasteiger partial charge in [-0.15, -0.1) is 0 Å². The van der Waals surface area contributed by atoms with Crippen LogP contribution < -0.4 is 5.19 Å². The van der Waals surface area contributed by atoms with E-state index in [0.29, 0.717) is 0 Å². The summed E-state index contributed by atoms with van der Waals surface area (Å²) in [4.78, 5) is 0. The first-order chi connectivity index (χ1) is 8.37. The first-order valence-corrected chi connectivity index (χ1v) is 7.96. The summed E-state index contributed by atoms with van der Waals surface area (Å²) in [5.41, 5.74) is 1.16. The third kappa shape index (κ3) is 2.42. The largest absolute Gasteiger partial charge is 0.322 e. The van der Waals surface area contributed by atoms with Crippen molar-refractivity contribution in [3.05, 3.63) is 36.4 Å². The van der Waals surface area contributed by atoms with Gasteiger partial charge in [-0.25, -0.2) is 0 Å². The van der Waals surface area contributed by atoms with E-state index in [2.05, 4.69) is 86.8 Å². The highest BCUT2D eigenvalue weighted by Crippen LogP contribution is 2.13. The number of benzene rings is 1. The lowest BCUT2D eigenvalue weighted by atomic mass is 10.2. The van der Waals surface area contributed by atoms with Crippen molar-refractivity contribution < 1.29 is 0 Å². The zero-order valence-electron chi connectivity index (χ0n) is 12.4. The summed E-state index contributed by atoms with van der Waals surface area (Å²) in [5, 5.41) is 1.38. The molecular weight excluding hydrogens is 238 g/mol. The summed E-state index contributed by atoms with van der Waals surface area (Å²) < 4.78 is 7.07. The quantitative estimate of drug-likeness (QED) is 0.738. The molecule has 0 amide bonds. The van der Waals surface area contributed by atoms with E-state index in [4.69, 9.17) is 0 Å². The predicted octanol–water partition coefficient (Wildman–Crippen LogP) is 1.16. The molecule has 1 rings (SSSR count). The van der Waals surface area contributed by atoms with Crippen LogP contribution in [0.3, 0.4) is 0 Å². The number of nitrogens with zero attached hydrogens (tertiary/aromatic N) is 3. The lowest BCUT2D eigenvalue weighted by Gasteiger charge is -2.46. The predicted molar refractivity (Wildman–Crippen MR) is 83.0 cm³/mol. The topological polar surface area (TPSA) is 9.72 Å². The molecule has 0 atom stereocenters. The van der Waals surface area contributed by atoms with Crippen LogP contribution >= 0.6 is 0 Å². The first-order valence-electron chi connectivity index (χ1n) is 6.12. The van der Waals surface area contributed by atoms with Crippen LogP contribution in [-0.2, 0) is 0 Å². The molecule has 4 heteroatoms. The summed E-state index contributed by atoms with van der Waals surface area (Å²) in [5.74, 6) is 0. The molecule has 0 heterocycles. The van der Waals surface area contributed by atoms with Gasteiger partial charge in [0.2, 0.25) is 0 Å². The maximum atomic E-state index is 3.81. The molecule has 0 saturated heterocycles. The molecule has 0 saturated carbocycles. The van der Waals surface area contributed by atoms with Gasteiger partial charge in [-0.3, -0.25) is 0 Å². The summed E-state index contributed by atoms with van der Waals surface area (Å²) in [6, 6.07) is 8.73. The highest BCUT2D eigenvalue weighted by atomic mass is 28.4. The van der Waals surface area contributed by atoms with Gasteiger partial charge in [-0.1, -0.05) is 36.9 Å². The van der Waals surface area contributed by atoms with Crippen LogP contribution in [0.1, 0.15) is 5.56 Å². The van der Waals surface area contributed by atoms with Crippen molar-refractivity contribution in [2.75, 3.05) is 42.3 Å². The molecule has 0 aliphatic heterocycles. The Morgan fingerprint density at radius 2 is 1.22 bits per heavy atom. The molecule has 3 nitrogen and oxygen atoms in total. The van der Waals surface area contributed by atoms with Gasteiger partial charge in [0, 0.05) is 0 Å². The fraction of sp³-hybridized carbons (Fsp3) is 0.429. The number of hydrogen-bond acceptors (Lipinski definition) is 3. The normalized spacial score (nSPS) is 12.5. The first kappa shape index (κ1) is 15.1. The molecule has 0 fully saturated rings. The lowest BCUT2D eigenvalue weighted by molar-refractivity contribution is 0.397. The Hall–Kier alpha value is -0.943. The van der Waals surface area contributed by atoms with E-state index in [1.165, 1.54) is 5.19 Å². The zero-order chi connectivity index (χ0) is 13.9. The minimum absolute atomic E-state index is 1.16. The van der Waals surface area contributed by atoms with Crippen molar-refractivity contribution in [2.45, 2.75) is 0 Å². The van der Waals surface area contributed by atoms with Crippen molar-refractivity contribution in [1.82, 2.24) is 13.7 Å². The van der Waals surface area contributed by atoms with Crippen LogP contribution in [0.2, 0.25) is 0 Å². The zero-order valence-corrected chi connectivity index (χ0v) is 13.4. The lowest BCUT2D eigenvalue weighted by Crippen LogP contribution is -2.76. The standard InChI is InChI=1S/C14H25N3Si/c1-8-13-9-11-14(12-10-13)18(15(2)3,16(4)5)17(6)7/h8-12H,1H2,2-7H3. The second-order valence-corrected chi connectivity index (χ2v) is 9.68. The smallest absolute Gasteiger partial charge is 0.301 e. The summed E-state index contributed by atoms with van der Waals surface area (Å²) in [7, 11) is 11.0. The van der Waals surface area contributed by atoms with Crippen molar-refractivity contribution in [3.8, 4) is 0 Å². The average molecular weight is 263 g/mol. The van der Waals surface area contributed by atoms with E-state index >= 15 is 0 Å². The van der Waals surface area contributed by atoms with E-state index in [0.717, 1.165) is 5.56 Å². The molecule has 0 N–H and O–H groups in total. The molecule has 0 aliphatic rings. The molecule has 0 spiro atoms. The Bertz CT molecular complexity index is 374. The van der Waals surface area contributed by atoms with Crippen LogP contribution in [-0.4, -0.2) is 64.5 Å². The maximum absolute atomic E-state index is 3.81. The van der Waals surface area contributed by atoms with Crippen molar-refractivity contribution in [3.63, 3.8) is 0 Å². The van der Waals surface area contributed by atoms with Gasteiger partial charge < -0.3 is 13.7 Å². The Labute approximate surface area is 113 Å². The van der Waals surface area contributed by atoms with Crippen LogP contribution in [0, 0.1) is 0 Å². The molecular formula is C14H25N3Si. The molecule has 0 aliphatic carbocycles. The highest BCUT2D eigenvalue weighted by Gasteiger charge is 2.44. The van der Waals surface area contributed by atoms with Crippen LogP contribution in [0.4, 0.5) is 0 Å². The van der Waals surface area contributed by atoms with Gasteiger partial charge in [-0.05, 0) is 53.0 Å². The molecule has 0 radical (unpaired) electrons. The number of rotatable bonds is 5. The Balaban J connectivity index is 3.36. The van der Waals surface area contributed by atoms with Gasteiger partial charge in [0.1, 0.15) is 0 Å². The van der Waals surface area contributed by atoms with Crippen LogP contribution in [0.25, 0.3) is 6.08 Å². The highest BCUT2D eigenvalue weighted by molar-refractivity contribution is 6.84. The van der Waals surface area contributed by atoms with Gasteiger partial charge in [0.25, 0.3) is 0 Å². The van der Waals surface area contributed by atoms with Gasteiger partial charge in [-0.2, -0.15) is 0 Å². The summed E-state index contributed by atoms with van der Waals surface area (Å²) >= 11 is 0. The third-order valence-corrected chi connectivity index (χ3v) is 8.25. The monoisotopic (exact) mass is 263 g/mol. The van der Waals surface area contributed by atoms with Gasteiger partial charge >= 0.3 is 8.56 Å². The SMILES string of the molecule is C=Cc1ccc([Si](N(C)C)(N(C)C)N(C)C)cc1. The van der Waals surface area contributed by atoms with E-state index < -0.39 is 8.56 Å². The summed E-state index contributed by atoms with van der Waals surface area (Å²) in [6.45, 7) is 3.81. The van der Waals surface area contributed by atoms with Crippen molar-refractivity contribution in [1.29, 1.82) is 0 Å². The molecule has 18 heavy (non-hydrogen) atoms. The Kier molecular flexibility index (Phi) is 4.87. The molecule has 1 aromatic carbocycles. The van der Waals surface area contributed by atoms with E-state index in [1.807, 2.05) is 6.08 Å². The van der Waals surface area contributed by atoms with Crippen LogP contribution in [0.5, 0.6) is 0 Å². The molecule has 1 aromatic rings. The minimum Gasteiger partial charge on any atom is -0.301 e. The maximum Gasteiger partial charge on any atom is 0.322 e. The Morgan fingerprint density at radius 1 is 0.833 bits per heavy atom. The van der Waals surface area contributed by atoms with Crippen molar-refractivity contribution >= 4 is 19.8 Å². The molecule has 0 unspecified atom stereocenters. The van der Waals surface area contributed by atoms with E-state index in [-0.39, 0.29) is 0 Å². The van der Waals surface area contributed by atoms with Gasteiger partial charge in [0.05, 0.1) is 0 Å². The third-order valence-electron chi connectivity index (χ3n) is 3.40. The number of hydrogen-bond donors (Lipinski definition) is 0. The molecule has 0 aromatic heterocycles. The second kappa shape index (κ2) is 5.80. The second-order valence-electron chi connectivity index (χ2n) is 5.14. The van der Waals surface area contributed by atoms with E-state index in [1.54, 1.807) is 0 Å². The fourth-order valence-electron chi connectivity index (χ4n) is 2.82. The van der Waals surface area contributed by atoms with Gasteiger partial charge in [0.15, 0.2) is 0 Å².